The number of nitrogens with zero attached hydrogens (tertiary/aromatic N) is 1. The first-order chi connectivity index (χ1) is 12.9. The first-order valence-corrected chi connectivity index (χ1v) is 9.08. The van der Waals surface area contributed by atoms with Gasteiger partial charge >= 0.3 is 0 Å². The number of hydrogen-bond donors (Lipinski definition) is 2. The summed E-state index contributed by atoms with van der Waals surface area (Å²) < 4.78 is 0. The van der Waals surface area contributed by atoms with Gasteiger partial charge in [0.15, 0.2) is 0 Å². The zero-order chi connectivity index (χ0) is 19.3. The number of hydrogen-bond acceptors (Lipinski definition) is 3. The van der Waals surface area contributed by atoms with Crippen LogP contribution in [0.15, 0.2) is 72.9 Å². The zero-order valence-corrected chi connectivity index (χ0v) is 16.0. The van der Waals surface area contributed by atoms with Crippen molar-refractivity contribution >= 4 is 17.3 Å². The summed E-state index contributed by atoms with van der Waals surface area (Å²) in [7, 11) is 0. The molecular formula is C23H25N3O. The highest BCUT2D eigenvalue weighted by atomic mass is 16.1. The maximum Gasteiger partial charge on any atom is 0.270 e. The van der Waals surface area contributed by atoms with Gasteiger partial charge in [-0.25, -0.2) is 4.98 Å². The van der Waals surface area contributed by atoms with Crippen LogP contribution in [0.4, 0.5) is 11.4 Å². The molecule has 0 saturated carbocycles. The largest absolute Gasteiger partial charge is 0.354 e. The van der Waals surface area contributed by atoms with Crippen LogP contribution in [0.3, 0.4) is 0 Å². The topological polar surface area (TPSA) is 54.0 Å². The number of anilines is 2. The number of benzene rings is 2. The van der Waals surface area contributed by atoms with E-state index in [-0.39, 0.29) is 11.3 Å². The van der Waals surface area contributed by atoms with Gasteiger partial charge in [0, 0.05) is 12.2 Å². The van der Waals surface area contributed by atoms with Crippen molar-refractivity contribution in [3.63, 3.8) is 0 Å². The van der Waals surface area contributed by atoms with E-state index < -0.39 is 0 Å². The average Bonchev–Trinajstić information content (AvgIpc) is 2.67. The third-order valence-electron chi connectivity index (χ3n) is 4.31. The van der Waals surface area contributed by atoms with Crippen molar-refractivity contribution < 1.29 is 4.79 Å². The third kappa shape index (κ3) is 4.94. The molecule has 2 aromatic carbocycles. The van der Waals surface area contributed by atoms with Crippen LogP contribution < -0.4 is 10.6 Å². The van der Waals surface area contributed by atoms with E-state index in [9.17, 15) is 4.79 Å². The summed E-state index contributed by atoms with van der Waals surface area (Å²) in [6.45, 7) is 7.05. The number of pyridine rings is 1. The molecule has 4 nitrogen and oxygen atoms in total. The molecule has 0 aliphatic heterocycles. The molecule has 0 radical (unpaired) electrons. The number of rotatable bonds is 5. The van der Waals surface area contributed by atoms with E-state index in [1.165, 1.54) is 5.56 Å². The van der Waals surface area contributed by atoms with Crippen LogP contribution in [0.5, 0.6) is 0 Å². The molecule has 1 heterocycles. The lowest BCUT2D eigenvalue weighted by molar-refractivity contribution is 0.0946. The van der Waals surface area contributed by atoms with Gasteiger partial charge in [-0.3, -0.25) is 4.79 Å². The number of carbonyl (C=O) groups excluding carboxylic acids is 1. The predicted octanol–water partition coefficient (Wildman–Crippen LogP) is 5.05. The van der Waals surface area contributed by atoms with Gasteiger partial charge in [0.25, 0.3) is 5.91 Å². The molecule has 138 valence electrons. The standard InChI is InChI=1S/C23H25N3O/c1-23(2,3)19-11-7-8-12-20(19)26-18-13-14-21(24-16-18)22(27)25-15-17-9-5-4-6-10-17/h4-14,16,26H,15H2,1-3H3,(H,25,27). The van der Waals surface area contributed by atoms with Crippen LogP contribution in [0.1, 0.15) is 42.4 Å². The average molecular weight is 359 g/mol. The molecule has 0 saturated heterocycles. The highest BCUT2D eigenvalue weighted by Crippen LogP contribution is 2.31. The van der Waals surface area contributed by atoms with Crippen LogP contribution in [0.2, 0.25) is 0 Å². The maximum atomic E-state index is 12.3. The highest BCUT2D eigenvalue weighted by molar-refractivity contribution is 5.92. The lowest BCUT2D eigenvalue weighted by atomic mass is 9.86. The molecule has 1 aromatic heterocycles. The molecule has 3 aromatic rings. The van der Waals surface area contributed by atoms with Crippen LogP contribution in [-0.2, 0) is 12.0 Å². The Labute approximate surface area is 160 Å². The minimum atomic E-state index is -0.180. The number of carbonyl (C=O) groups is 1. The van der Waals surface area contributed by atoms with Gasteiger partial charge in [0.2, 0.25) is 0 Å². The molecule has 0 fully saturated rings. The van der Waals surface area contributed by atoms with E-state index in [1.807, 2.05) is 48.5 Å². The lowest BCUT2D eigenvalue weighted by Gasteiger charge is -2.23. The predicted molar refractivity (Wildman–Crippen MR) is 110 cm³/mol. The van der Waals surface area contributed by atoms with E-state index in [0.717, 1.165) is 16.9 Å². The van der Waals surface area contributed by atoms with Crippen LogP contribution in [-0.4, -0.2) is 10.9 Å². The second-order valence-corrected chi connectivity index (χ2v) is 7.52. The molecule has 0 atom stereocenters. The van der Waals surface area contributed by atoms with Gasteiger partial charge in [0.1, 0.15) is 5.69 Å². The van der Waals surface area contributed by atoms with Crippen molar-refractivity contribution in [1.82, 2.24) is 10.3 Å². The second kappa shape index (κ2) is 8.04. The zero-order valence-electron chi connectivity index (χ0n) is 16.0. The Morgan fingerprint density at radius 3 is 2.30 bits per heavy atom. The molecule has 0 bridgehead atoms. The number of para-hydroxylation sites is 1. The fourth-order valence-corrected chi connectivity index (χ4v) is 2.87. The Morgan fingerprint density at radius 2 is 1.63 bits per heavy atom. The Balaban J connectivity index is 1.66. The van der Waals surface area contributed by atoms with Gasteiger partial charge in [-0.1, -0.05) is 69.3 Å². The molecular weight excluding hydrogens is 334 g/mol. The Morgan fingerprint density at radius 1 is 0.926 bits per heavy atom. The quantitative estimate of drug-likeness (QED) is 0.670. The Kier molecular flexibility index (Phi) is 5.55. The van der Waals surface area contributed by atoms with E-state index in [2.05, 4.69) is 48.5 Å². The van der Waals surface area contributed by atoms with Crippen molar-refractivity contribution in [2.45, 2.75) is 32.7 Å². The first kappa shape index (κ1) is 18.6. The minimum Gasteiger partial charge on any atom is -0.354 e. The van der Waals surface area contributed by atoms with Crippen molar-refractivity contribution in [2.24, 2.45) is 0 Å². The number of aromatic nitrogens is 1. The summed E-state index contributed by atoms with van der Waals surface area (Å²) in [4.78, 5) is 16.6. The van der Waals surface area contributed by atoms with Crippen molar-refractivity contribution in [1.29, 1.82) is 0 Å². The normalized spacial score (nSPS) is 11.1. The smallest absolute Gasteiger partial charge is 0.270 e. The summed E-state index contributed by atoms with van der Waals surface area (Å²) >= 11 is 0. The monoisotopic (exact) mass is 359 g/mol. The lowest BCUT2D eigenvalue weighted by Crippen LogP contribution is -2.23. The van der Waals surface area contributed by atoms with E-state index in [0.29, 0.717) is 12.2 Å². The van der Waals surface area contributed by atoms with Gasteiger partial charge in [-0.2, -0.15) is 0 Å². The number of amides is 1. The molecule has 0 spiro atoms. The van der Waals surface area contributed by atoms with Crippen LogP contribution in [0.25, 0.3) is 0 Å². The maximum absolute atomic E-state index is 12.3. The van der Waals surface area contributed by atoms with Gasteiger partial charge in [0.05, 0.1) is 11.9 Å². The molecule has 4 heteroatoms. The molecule has 0 aliphatic rings. The fraction of sp³-hybridized carbons (Fsp3) is 0.217. The van der Waals surface area contributed by atoms with Gasteiger partial charge in [-0.05, 0) is 34.7 Å². The second-order valence-electron chi connectivity index (χ2n) is 7.52. The summed E-state index contributed by atoms with van der Waals surface area (Å²) in [5, 5.41) is 6.30. The van der Waals surface area contributed by atoms with Gasteiger partial charge in [-0.15, -0.1) is 0 Å². The van der Waals surface area contributed by atoms with Crippen LogP contribution in [0, 0.1) is 0 Å². The van der Waals surface area contributed by atoms with Gasteiger partial charge < -0.3 is 10.6 Å². The molecule has 27 heavy (non-hydrogen) atoms. The Bertz CT molecular complexity index is 897. The molecule has 3 rings (SSSR count). The summed E-state index contributed by atoms with van der Waals surface area (Å²) in [6, 6.07) is 21.7. The molecule has 0 unspecified atom stereocenters. The summed E-state index contributed by atoms with van der Waals surface area (Å²) in [5.41, 5.74) is 4.63. The third-order valence-corrected chi connectivity index (χ3v) is 4.31. The Hall–Kier alpha value is -3.14. The van der Waals surface area contributed by atoms with Crippen LogP contribution >= 0.6 is 0 Å². The fourth-order valence-electron chi connectivity index (χ4n) is 2.87. The summed E-state index contributed by atoms with van der Waals surface area (Å²) in [5.74, 6) is -0.180. The molecule has 1 amide bonds. The summed E-state index contributed by atoms with van der Waals surface area (Å²) in [6.07, 6.45) is 1.69. The van der Waals surface area contributed by atoms with E-state index in [1.54, 1.807) is 12.3 Å². The minimum absolute atomic E-state index is 0.0360. The van der Waals surface area contributed by atoms with Crippen molar-refractivity contribution in [3.05, 3.63) is 89.7 Å². The van der Waals surface area contributed by atoms with E-state index >= 15 is 0 Å². The van der Waals surface area contributed by atoms with Crippen molar-refractivity contribution in [3.8, 4) is 0 Å². The van der Waals surface area contributed by atoms with Crippen molar-refractivity contribution in [2.75, 3.05) is 5.32 Å². The number of nitrogens with one attached hydrogen (secondary N) is 2. The molecule has 2 N–H and O–H groups in total. The molecule has 0 aliphatic carbocycles. The van der Waals surface area contributed by atoms with E-state index in [4.69, 9.17) is 0 Å². The SMILES string of the molecule is CC(C)(C)c1ccccc1Nc1ccc(C(=O)NCc2ccccc2)nc1. The first-order valence-electron chi connectivity index (χ1n) is 9.08. The highest BCUT2D eigenvalue weighted by Gasteiger charge is 2.17.